The van der Waals surface area contributed by atoms with Gasteiger partial charge in [0, 0.05) is 124 Å². The van der Waals surface area contributed by atoms with Crippen molar-refractivity contribution in [1.82, 2.24) is 22.8 Å². The van der Waals surface area contributed by atoms with Gasteiger partial charge in [-0.3, -0.25) is 0 Å². The summed E-state index contributed by atoms with van der Waals surface area (Å²) in [5.74, 6) is 0. The molecule has 7 heterocycles. The maximum atomic E-state index is 7.05. The summed E-state index contributed by atoms with van der Waals surface area (Å²) in [6.07, 6.45) is 0. The molecule has 0 radical (unpaired) electrons. The zero-order chi connectivity index (χ0) is 75.1. The second-order valence-electron chi connectivity index (χ2n) is 30.6. The first-order chi connectivity index (χ1) is 57.0. The fraction of sp³-hybridized carbons (Fsp3) is 0. The van der Waals surface area contributed by atoms with Crippen molar-refractivity contribution in [1.29, 1.82) is 0 Å². The summed E-state index contributed by atoms with van der Waals surface area (Å²) in [7, 11) is 0. The molecule has 0 amide bonds. The Morgan fingerprint density at radius 2 is 0.522 bits per heavy atom. The molecule has 0 fully saturated rings. The van der Waals surface area contributed by atoms with Gasteiger partial charge in [0.1, 0.15) is 11.2 Å². The minimum Gasteiger partial charge on any atom is -0.455 e. The molecule has 534 valence electrons. The number of fused-ring (bicyclic) bond motifs is 22. The molecule has 0 unspecified atom stereocenters. The number of rotatable bonds is 10. The van der Waals surface area contributed by atoms with E-state index >= 15 is 0 Å². The minimum absolute atomic E-state index is 0.856. The molecule has 7 aromatic heterocycles. The SMILES string of the molecule is c1ccc(-n2c3ccccc3c3cc(-c4ccc5c(c4)c4cc(-c6ccc7c(c6)c6ccccc6n7-c6ccccc6)ccc4n5-c4ccc(-c5cccc6c5oc5cccc(-c7ccc(-n8c9ccccc9c9cc(-c%10cc%11c%12ccccc%12n(-c%12ccccc%12)c%11c%11c%10sc%10ccccc%10%11)ccc98)cc7)c56)cc4)ccc32)cc1. The average Bonchev–Trinajstić information content (AvgIpc) is 1.55. The highest BCUT2D eigenvalue weighted by molar-refractivity contribution is 7.26. The highest BCUT2D eigenvalue weighted by atomic mass is 32.1. The topological polar surface area (TPSA) is 37.8 Å². The van der Waals surface area contributed by atoms with Gasteiger partial charge in [0.15, 0.2) is 0 Å². The lowest BCUT2D eigenvalue weighted by molar-refractivity contribution is 0.670. The molecule has 25 aromatic rings. The molecule has 115 heavy (non-hydrogen) atoms. The quantitative estimate of drug-likeness (QED) is 0.134. The van der Waals surface area contributed by atoms with Crippen molar-refractivity contribution in [3.63, 3.8) is 0 Å². The summed E-state index contributed by atoms with van der Waals surface area (Å²) in [6.45, 7) is 0. The summed E-state index contributed by atoms with van der Waals surface area (Å²) in [4.78, 5) is 0. The van der Waals surface area contributed by atoms with Crippen molar-refractivity contribution in [2.75, 3.05) is 0 Å². The van der Waals surface area contributed by atoms with Gasteiger partial charge in [-0.05, 0) is 208 Å². The van der Waals surface area contributed by atoms with E-state index in [-0.39, 0.29) is 0 Å². The number of hydrogen-bond acceptors (Lipinski definition) is 2. The van der Waals surface area contributed by atoms with Crippen LogP contribution in [0.4, 0.5) is 0 Å². The molecule has 0 aliphatic rings. The first kappa shape index (κ1) is 63.7. The van der Waals surface area contributed by atoms with Gasteiger partial charge in [-0.25, -0.2) is 0 Å². The van der Waals surface area contributed by atoms with E-state index in [1.165, 1.54) is 146 Å². The number of hydrogen-bond donors (Lipinski definition) is 0. The van der Waals surface area contributed by atoms with Crippen LogP contribution < -0.4 is 0 Å². The van der Waals surface area contributed by atoms with Crippen LogP contribution in [0.5, 0.6) is 0 Å². The second kappa shape index (κ2) is 24.7. The van der Waals surface area contributed by atoms with Crippen LogP contribution in [0.15, 0.2) is 399 Å². The van der Waals surface area contributed by atoms with E-state index in [9.17, 15) is 0 Å². The molecule has 6 nitrogen and oxygen atoms in total. The number of para-hydroxylation sites is 8. The van der Waals surface area contributed by atoms with Crippen LogP contribution in [0.25, 0.3) is 235 Å². The van der Waals surface area contributed by atoms with Gasteiger partial charge >= 0.3 is 0 Å². The summed E-state index contributed by atoms with van der Waals surface area (Å²) in [5.41, 5.74) is 30.7. The third-order valence-electron chi connectivity index (χ3n) is 24.5. The van der Waals surface area contributed by atoms with Crippen molar-refractivity contribution >= 4 is 162 Å². The Kier molecular flexibility index (Phi) is 13.7. The Morgan fingerprint density at radius 3 is 1.00 bits per heavy atom. The van der Waals surface area contributed by atoms with E-state index in [1.807, 2.05) is 11.3 Å². The normalized spacial score (nSPS) is 12.2. The lowest BCUT2D eigenvalue weighted by atomic mass is 9.97. The summed E-state index contributed by atoms with van der Waals surface area (Å²) in [5, 5.41) is 17.0. The third kappa shape index (κ3) is 9.50. The Morgan fingerprint density at radius 1 is 0.191 bits per heavy atom. The largest absolute Gasteiger partial charge is 0.455 e. The summed E-state index contributed by atoms with van der Waals surface area (Å²) in [6, 6.07) is 146. The molecule has 25 rings (SSSR count). The predicted molar refractivity (Wildman–Crippen MR) is 485 cm³/mol. The van der Waals surface area contributed by atoms with Gasteiger partial charge in [-0.2, -0.15) is 0 Å². The number of nitrogens with zero attached hydrogens (tertiary/aromatic N) is 5. The molecular weight excluding hydrogens is 1420 g/mol. The molecule has 0 bridgehead atoms. The standard InChI is InChI=1S/C108H65N5OS/c1-4-22-73(23-5-1)109-93-36-15-10-28-80(93)87-60-68(46-55-97(87)109)70-48-57-100-90(62-70)91-63-71(69-47-56-98-88(61-69)81-29-11-16-37-94(81)110(98)74-24-6-2-7-25-74)49-58-101(91)112(100)77-53-44-67(45-54-77)79-34-20-35-85-104-78(33-21-40-102(104)114-107(79)85)66-42-51-76(52-43-66)111-95-38-17-12-30-82(95)89-64-72(50-59-99(89)111)86-65-92-83-31-13-18-39-96(83)113(75-26-8-3-9-27-75)106(92)105-84-32-14-19-41-103(84)115-108(86)105/h1-65H. The van der Waals surface area contributed by atoms with Gasteiger partial charge in [0.25, 0.3) is 0 Å². The van der Waals surface area contributed by atoms with E-state index < -0.39 is 0 Å². The average molecular weight is 1480 g/mol. The Hall–Kier alpha value is -15.0. The van der Waals surface area contributed by atoms with Crippen LogP contribution in [0.2, 0.25) is 0 Å². The Balaban J connectivity index is 0.578. The van der Waals surface area contributed by atoms with Gasteiger partial charge in [-0.15, -0.1) is 11.3 Å². The van der Waals surface area contributed by atoms with Gasteiger partial charge in [0.2, 0.25) is 0 Å². The highest BCUT2D eigenvalue weighted by Crippen LogP contribution is 2.50. The Bertz CT molecular complexity index is 8160. The molecule has 0 spiro atoms. The maximum absolute atomic E-state index is 7.05. The summed E-state index contributed by atoms with van der Waals surface area (Å²) < 4.78 is 21.8. The molecular formula is C108H65N5OS. The van der Waals surface area contributed by atoms with Crippen LogP contribution in [-0.4, -0.2) is 22.8 Å². The van der Waals surface area contributed by atoms with Crippen LogP contribution in [0.3, 0.4) is 0 Å². The lowest BCUT2D eigenvalue weighted by Gasteiger charge is -2.12. The lowest BCUT2D eigenvalue weighted by Crippen LogP contribution is -1.94. The molecule has 7 heteroatoms. The van der Waals surface area contributed by atoms with E-state index in [0.29, 0.717) is 0 Å². The van der Waals surface area contributed by atoms with Gasteiger partial charge in [0.05, 0.1) is 55.2 Å². The predicted octanol–water partition coefficient (Wildman–Crippen LogP) is 29.8. The van der Waals surface area contributed by atoms with Crippen molar-refractivity contribution in [2.45, 2.75) is 0 Å². The molecule has 0 atom stereocenters. The molecule has 0 aliphatic carbocycles. The smallest absolute Gasteiger partial charge is 0.143 e. The van der Waals surface area contributed by atoms with Crippen molar-refractivity contribution in [3.05, 3.63) is 394 Å². The molecule has 0 aliphatic heterocycles. The van der Waals surface area contributed by atoms with Crippen LogP contribution >= 0.6 is 11.3 Å². The maximum Gasteiger partial charge on any atom is 0.143 e. The number of benzene rings is 18. The van der Waals surface area contributed by atoms with E-state index in [2.05, 4.69) is 417 Å². The van der Waals surface area contributed by atoms with Crippen LogP contribution in [0.1, 0.15) is 0 Å². The first-order valence-electron chi connectivity index (χ1n) is 39.4. The van der Waals surface area contributed by atoms with Gasteiger partial charge in [-0.1, -0.05) is 231 Å². The van der Waals surface area contributed by atoms with Crippen molar-refractivity contribution < 1.29 is 4.42 Å². The fourth-order valence-corrected chi connectivity index (χ4v) is 20.6. The molecule has 0 saturated carbocycles. The molecule has 18 aromatic carbocycles. The minimum atomic E-state index is 0.856. The van der Waals surface area contributed by atoms with Crippen LogP contribution in [0, 0.1) is 0 Å². The third-order valence-corrected chi connectivity index (χ3v) is 25.7. The molecule has 0 N–H and O–H groups in total. The Labute approximate surface area is 663 Å². The van der Waals surface area contributed by atoms with Crippen molar-refractivity contribution in [3.8, 4) is 84.1 Å². The highest BCUT2D eigenvalue weighted by Gasteiger charge is 2.26. The monoisotopic (exact) mass is 1480 g/mol. The van der Waals surface area contributed by atoms with E-state index in [0.717, 1.165) is 89.2 Å². The number of aromatic nitrogens is 5. The van der Waals surface area contributed by atoms with Crippen molar-refractivity contribution in [2.24, 2.45) is 0 Å². The van der Waals surface area contributed by atoms with E-state index in [4.69, 9.17) is 4.42 Å². The second-order valence-corrected chi connectivity index (χ2v) is 31.6. The molecule has 0 saturated heterocycles. The number of thiophene rings is 1. The van der Waals surface area contributed by atoms with E-state index in [1.54, 1.807) is 0 Å². The first-order valence-corrected chi connectivity index (χ1v) is 40.3. The zero-order valence-electron chi connectivity index (χ0n) is 62.1. The van der Waals surface area contributed by atoms with Crippen LogP contribution in [-0.2, 0) is 0 Å². The summed E-state index contributed by atoms with van der Waals surface area (Å²) >= 11 is 1.90. The van der Waals surface area contributed by atoms with Gasteiger partial charge < -0.3 is 27.3 Å². The zero-order valence-corrected chi connectivity index (χ0v) is 62.9. The fourth-order valence-electron chi connectivity index (χ4n) is 19.4. The number of furan rings is 1.